The van der Waals surface area contributed by atoms with E-state index in [0.717, 1.165) is 30.8 Å². The number of likely N-dealkylation sites (tertiary alicyclic amines) is 1. The van der Waals surface area contributed by atoms with Crippen molar-refractivity contribution in [3.8, 4) is 0 Å². The monoisotopic (exact) mass is 482 g/mol. The zero-order valence-corrected chi connectivity index (χ0v) is 20.5. The molecule has 0 aliphatic carbocycles. The number of nitrogens with two attached hydrogens (primary N) is 1. The van der Waals surface area contributed by atoms with Crippen molar-refractivity contribution in [3.63, 3.8) is 0 Å². The van der Waals surface area contributed by atoms with Crippen LogP contribution in [-0.4, -0.2) is 78.6 Å². The minimum atomic E-state index is -0.458. The van der Waals surface area contributed by atoms with Crippen LogP contribution in [-0.2, 0) is 34.0 Å². The third-order valence-corrected chi connectivity index (χ3v) is 5.75. The quantitative estimate of drug-likeness (QED) is 0.261. The molecule has 0 bridgehead atoms. The maximum atomic E-state index is 12.3. The van der Waals surface area contributed by atoms with E-state index in [2.05, 4.69) is 25.3 Å². The molecule has 11 nitrogen and oxygen atoms in total. The average Bonchev–Trinajstić information content (AvgIpc) is 3.25. The van der Waals surface area contributed by atoms with Crippen LogP contribution in [0.25, 0.3) is 0 Å². The van der Waals surface area contributed by atoms with Gasteiger partial charge >= 0.3 is 0 Å². The summed E-state index contributed by atoms with van der Waals surface area (Å²) in [5.74, 6) is 0.0916. The van der Waals surface area contributed by atoms with Gasteiger partial charge in [-0.15, -0.1) is 0 Å². The number of nitrogens with zero attached hydrogens (tertiary/aromatic N) is 6. The number of hydrogen-bond donors (Lipinski definition) is 2. The zero-order valence-electron chi connectivity index (χ0n) is 20.5. The molecule has 35 heavy (non-hydrogen) atoms. The molecule has 1 aromatic heterocycles. The van der Waals surface area contributed by atoms with E-state index < -0.39 is 5.91 Å². The summed E-state index contributed by atoms with van der Waals surface area (Å²) in [5.41, 5.74) is 7.72. The van der Waals surface area contributed by atoms with Gasteiger partial charge in [0, 0.05) is 52.4 Å². The van der Waals surface area contributed by atoms with Crippen LogP contribution in [0.5, 0.6) is 0 Å². The highest BCUT2D eigenvalue weighted by atomic mass is 16.5. The first-order valence-electron chi connectivity index (χ1n) is 11.6. The summed E-state index contributed by atoms with van der Waals surface area (Å²) in [4.78, 5) is 35.5. The summed E-state index contributed by atoms with van der Waals surface area (Å²) in [6.07, 6.45) is 2.91. The lowest BCUT2D eigenvalue weighted by molar-refractivity contribution is -0.115. The molecule has 188 valence electrons. The van der Waals surface area contributed by atoms with Gasteiger partial charge < -0.3 is 20.7 Å². The third kappa shape index (κ3) is 7.72. The van der Waals surface area contributed by atoms with Crippen molar-refractivity contribution < 1.29 is 14.3 Å². The number of ether oxygens (including phenoxy) is 1. The predicted octanol–water partition coefficient (Wildman–Crippen LogP) is 0.787. The molecule has 0 spiro atoms. The Bertz CT molecular complexity index is 1030. The highest BCUT2D eigenvalue weighted by Gasteiger charge is 2.27. The molecule has 3 N–H and O–H groups in total. The fraction of sp³-hybridized carbons (Fsp3) is 0.458. The summed E-state index contributed by atoms with van der Waals surface area (Å²) in [6.45, 7) is 5.29. The Labute approximate surface area is 205 Å². The number of hydrogen-bond acceptors (Lipinski definition) is 6. The van der Waals surface area contributed by atoms with Gasteiger partial charge in [-0.1, -0.05) is 30.3 Å². The minimum Gasteiger partial charge on any atom is -0.379 e. The van der Waals surface area contributed by atoms with Crippen LogP contribution < -0.4 is 16.0 Å². The lowest BCUT2D eigenvalue weighted by Gasteiger charge is -2.37. The van der Waals surface area contributed by atoms with Gasteiger partial charge in [-0.25, -0.2) is 9.67 Å². The van der Waals surface area contributed by atoms with Crippen molar-refractivity contribution in [2.75, 3.05) is 32.1 Å². The first kappa shape index (κ1) is 26.0. The van der Waals surface area contributed by atoms with Crippen LogP contribution in [0.3, 0.4) is 0 Å². The molecule has 1 atom stereocenters. The van der Waals surface area contributed by atoms with Gasteiger partial charge in [0.1, 0.15) is 12.2 Å². The third-order valence-electron chi connectivity index (χ3n) is 5.75. The minimum absolute atomic E-state index is 0.152. The number of carbonyl (C=O) groups excluding carboxylic acids is 2. The van der Waals surface area contributed by atoms with Gasteiger partial charge in [-0.3, -0.25) is 19.5 Å². The van der Waals surface area contributed by atoms with Crippen LogP contribution in [0.1, 0.15) is 24.6 Å². The largest absolute Gasteiger partial charge is 0.379 e. The molecule has 1 aromatic carbocycles. The topological polar surface area (TPSA) is 130 Å². The van der Waals surface area contributed by atoms with Crippen molar-refractivity contribution in [2.45, 2.75) is 45.1 Å². The highest BCUT2D eigenvalue weighted by Crippen LogP contribution is 2.19. The maximum absolute atomic E-state index is 12.3. The molecule has 0 saturated carbocycles. The first-order chi connectivity index (χ1) is 16.9. The molecular weight excluding hydrogens is 448 g/mol. The van der Waals surface area contributed by atoms with E-state index in [1.54, 1.807) is 18.8 Å². The lowest BCUT2D eigenvalue weighted by atomic mass is 10.1. The summed E-state index contributed by atoms with van der Waals surface area (Å²) in [5, 5.41) is 7.51. The maximum Gasteiger partial charge on any atom is 0.286 e. The molecule has 3 rings (SSSR count). The van der Waals surface area contributed by atoms with Gasteiger partial charge in [-0.2, -0.15) is 5.10 Å². The molecule has 1 fully saturated rings. The molecule has 2 aromatic rings. The van der Waals surface area contributed by atoms with Crippen molar-refractivity contribution in [1.29, 1.82) is 0 Å². The molecular formula is C24H34N8O3. The fourth-order valence-electron chi connectivity index (χ4n) is 3.65. The van der Waals surface area contributed by atoms with E-state index in [9.17, 15) is 9.59 Å². The Hall–Kier alpha value is -3.57. The number of nitrogens with one attached hydrogen (secondary N) is 1. The number of rotatable bonds is 12. The van der Waals surface area contributed by atoms with Crippen molar-refractivity contribution >= 4 is 30.3 Å². The van der Waals surface area contributed by atoms with Crippen LogP contribution in [0.15, 0.2) is 46.4 Å². The summed E-state index contributed by atoms with van der Waals surface area (Å²) in [7, 11) is 3.41. The van der Waals surface area contributed by atoms with Gasteiger partial charge in [0.25, 0.3) is 5.91 Å². The second kappa shape index (κ2) is 12.8. The van der Waals surface area contributed by atoms with E-state index in [-0.39, 0.29) is 18.0 Å². The number of benzene rings is 1. The Morgan fingerprint density at radius 1 is 1.37 bits per heavy atom. The van der Waals surface area contributed by atoms with E-state index in [4.69, 9.17) is 10.5 Å². The summed E-state index contributed by atoms with van der Waals surface area (Å²) < 4.78 is 7.10. The van der Waals surface area contributed by atoms with Crippen molar-refractivity contribution in [3.05, 3.63) is 47.7 Å². The molecule has 0 radical (unpaired) electrons. The number of amides is 2. The van der Waals surface area contributed by atoms with Crippen molar-refractivity contribution in [1.82, 2.24) is 20.0 Å². The van der Waals surface area contributed by atoms with Crippen molar-refractivity contribution in [2.24, 2.45) is 15.7 Å². The Balaban J connectivity index is 1.49. The number of aliphatic imine (C=N–C) groups is 2. The molecule has 1 aliphatic heterocycles. The number of methoxy groups -OCH3 is 1. The smallest absolute Gasteiger partial charge is 0.286 e. The van der Waals surface area contributed by atoms with Crippen LogP contribution >= 0.6 is 0 Å². The molecule has 2 heterocycles. The molecule has 11 heteroatoms. The van der Waals surface area contributed by atoms with E-state index in [0.29, 0.717) is 31.9 Å². The molecule has 1 unspecified atom stereocenters. The number of carbonyl (C=O) groups is 2. The van der Waals surface area contributed by atoms with Crippen LogP contribution in [0, 0.1) is 0 Å². The Kier molecular flexibility index (Phi) is 9.50. The fourth-order valence-corrected chi connectivity index (χ4v) is 3.65. The number of anilines is 1. The second-order valence-electron chi connectivity index (χ2n) is 8.60. The summed E-state index contributed by atoms with van der Waals surface area (Å²) >= 11 is 0. The molecule has 2 amide bonds. The van der Waals surface area contributed by atoms with E-state index >= 15 is 0 Å². The predicted molar refractivity (Wildman–Crippen MR) is 135 cm³/mol. The van der Waals surface area contributed by atoms with Gasteiger partial charge in [0.15, 0.2) is 5.84 Å². The Morgan fingerprint density at radius 3 is 2.80 bits per heavy atom. The number of aromatic nitrogens is 2. The average molecular weight is 483 g/mol. The van der Waals surface area contributed by atoms with Crippen LogP contribution in [0.4, 0.5) is 5.82 Å². The van der Waals surface area contributed by atoms with Gasteiger partial charge in [0.2, 0.25) is 6.41 Å². The standard InChI is InChI=1S/C24H34N8O3/c1-18(28-24(34)23(25)27-16-26-12-19-7-5-4-6-8-19)9-10-32-22(30(2)17-33)11-20(29-32)13-31-14-21(15-31)35-3/h4-8,11,16-18,21H,9-10,12-15H2,1-3H3,(H,28,34)(H2,25,26,27). The van der Waals surface area contributed by atoms with Gasteiger partial charge in [0.05, 0.1) is 18.3 Å². The SMILES string of the molecule is COC1CN(Cc2cc(N(C)C=O)n(CCC(C)NC(=O)C(N)=NC=NCc3ccccc3)n2)C1. The van der Waals surface area contributed by atoms with Gasteiger partial charge in [-0.05, 0) is 18.9 Å². The Morgan fingerprint density at radius 2 is 2.11 bits per heavy atom. The second-order valence-corrected chi connectivity index (χ2v) is 8.60. The van der Waals surface area contributed by atoms with E-state index in [1.165, 1.54) is 11.2 Å². The molecule has 1 aliphatic rings. The normalized spacial score (nSPS) is 15.7. The van der Waals surface area contributed by atoms with Crippen LogP contribution in [0.2, 0.25) is 0 Å². The van der Waals surface area contributed by atoms with E-state index in [1.807, 2.05) is 43.3 Å². The number of amidine groups is 1. The summed E-state index contributed by atoms with van der Waals surface area (Å²) in [6, 6.07) is 11.5. The first-order valence-corrected chi connectivity index (χ1v) is 11.6. The number of aryl methyl sites for hydroxylation is 1. The highest BCUT2D eigenvalue weighted by molar-refractivity contribution is 6.38. The zero-order chi connectivity index (χ0) is 25.2. The lowest BCUT2D eigenvalue weighted by Crippen LogP contribution is -2.50. The molecule has 1 saturated heterocycles.